The first-order valence-corrected chi connectivity index (χ1v) is 11.0. The van der Waals surface area contributed by atoms with Crippen molar-refractivity contribution in [1.82, 2.24) is 9.62 Å². The van der Waals surface area contributed by atoms with E-state index in [2.05, 4.69) is 5.32 Å². The molecule has 1 amide bonds. The van der Waals surface area contributed by atoms with Gasteiger partial charge in [-0.05, 0) is 41.8 Å². The van der Waals surface area contributed by atoms with E-state index in [1.54, 1.807) is 17.5 Å². The molecule has 2 atom stereocenters. The third kappa shape index (κ3) is 3.70. The maximum Gasteiger partial charge on any atom is 0.253 e. The van der Waals surface area contributed by atoms with Crippen LogP contribution in [0.15, 0.2) is 46.0 Å². The fourth-order valence-corrected chi connectivity index (χ4v) is 5.67. The van der Waals surface area contributed by atoms with Crippen molar-refractivity contribution >= 4 is 27.3 Å². The quantitative estimate of drug-likeness (QED) is 0.851. The number of fused-ring (bicyclic) bond motifs is 1. The number of carbonyl (C=O) groups excluding carboxylic acids is 1. The first kappa shape index (κ1) is 19.1. The Bertz CT molecular complexity index is 876. The molecule has 140 valence electrons. The lowest BCUT2D eigenvalue weighted by Gasteiger charge is -2.35. The Morgan fingerprint density at radius 3 is 2.46 bits per heavy atom. The van der Waals surface area contributed by atoms with Gasteiger partial charge in [0.1, 0.15) is 10.3 Å². The number of nitrogens with one attached hydrogen (secondary N) is 1. The van der Waals surface area contributed by atoms with Crippen molar-refractivity contribution in [1.29, 1.82) is 0 Å². The van der Waals surface area contributed by atoms with Crippen LogP contribution in [0.4, 0.5) is 0 Å². The van der Waals surface area contributed by atoms with Crippen LogP contribution in [0.2, 0.25) is 0 Å². The molecular formula is C19H24N2O3S2. The highest BCUT2D eigenvalue weighted by Crippen LogP contribution is 2.31. The van der Waals surface area contributed by atoms with Gasteiger partial charge in [-0.2, -0.15) is 4.31 Å². The first-order valence-electron chi connectivity index (χ1n) is 8.73. The number of hydrogen-bond donors (Lipinski definition) is 1. The van der Waals surface area contributed by atoms with Crippen LogP contribution in [-0.2, 0) is 27.8 Å². The lowest BCUT2D eigenvalue weighted by molar-refractivity contribution is -0.126. The minimum Gasteiger partial charge on any atom is -0.352 e. The fraction of sp³-hybridized carbons (Fsp3) is 0.421. The average Bonchev–Trinajstić information content (AvgIpc) is 3.15. The Kier molecular flexibility index (Phi) is 5.50. The number of carbonyl (C=O) groups is 1. The molecule has 0 bridgehead atoms. The Balaban J connectivity index is 1.97. The Morgan fingerprint density at radius 1 is 1.15 bits per heavy atom. The van der Waals surface area contributed by atoms with Crippen LogP contribution in [0.5, 0.6) is 0 Å². The van der Waals surface area contributed by atoms with Crippen molar-refractivity contribution in [2.75, 3.05) is 0 Å². The fourth-order valence-electron chi connectivity index (χ4n) is 2.99. The highest BCUT2D eigenvalue weighted by Gasteiger charge is 2.40. The van der Waals surface area contributed by atoms with Gasteiger partial charge in [-0.25, -0.2) is 8.42 Å². The molecule has 1 aromatic carbocycles. The molecule has 7 heteroatoms. The van der Waals surface area contributed by atoms with Gasteiger partial charge in [0, 0.05) is 12.6 Å². The largest absolute Gasteiger partial charge is 0.352 e. The second kappa shape index (κ2) is 7.50. The zero-order chi connectivity index (χ0) is 18.9. The van der Waals surface area contributed by atoms with Crippen LogP contribution in [0, 0.1) is 5.92 Å². The van der Waals surface area contributed by atoms with E-state index in [0.29, 0.717) is 6.42 Å². The summed E-state index contributed by atoms with van der Waals surface area (Å²) in [6, 6.07) is 10.3. The van der Waals surface area contributed by atoms with Gasteiger partial charge in [0.05, 0.1) is 0 Å². The van der Waals surface area contributed by atoms with E-state index in [1.807, 2.05) is 45.0 Å². The standard InChI is InChI=1S/C19H24N2O3S2/c1-13(2)14(3)20-19(22)17-11-15-7-4-5-8-16(15)12-21(17)26(23,24)18-9-6-10-25-18/h4-10,13-14,17H,11-12H2,1-3H3,(H,20,22)/t14-,17+/m0/s1. The summed E-state index contributed by atoms with van der Waals surface area (Å²) in [5, 5.41) is 4.72. The van der Waals surface area contributed by atoms with Crippen molar-refractivity contribution in [3.63, 3.8) is 0 Å². The molecule has 0 saturated carbocycles. The van der Waals surface area contributed by atoms with E-state index in [9.17, 15) is 13.2 Å². The van der Waals surface area contributed by atoms with Gasteiger partial charge in [0.15, 0.2) is 0 Å². The number of hydrogen-bond acceptors (Lipinski definition) is 4. The van der Waals surface area contributed by atoms with E-state index < -0.39 is 16.1 Å². The van der Waals surface area contributed by atoms with Crippen LogP contribution >= 0.6 is 11.3 Å². The van der Waals surface area contributed by atoms with Gasteiger partial charge < -0.3 is 5.32 Å². The van der Waals surface area contributed by atoms with E-state index in [1.165, 1.54) is 15.6 Å². The highest BCUT2D eigenvalue weighted by atomic mass is 32.2. The zero-order valence-electron chi connectivity index (χ0n) is 15.2. The van der Waals surface area contributed by atoms with E-state index in [0.717, 1.165) is 11.1 Å². The molecule has 1 aliphatic rings. The lowest BCUT2D eigenvalue weighted by Crippen LogP contribution is -2.54. The molecular weight excluding hydrogens is 368 g/mol. The van der Waals surface area contributed by atoms with Gasteiger partial charge in [-0.3, -0.25) is 4.79 Å². The van der Waals surface area contributed by atoms with Gasteiger partial charge in [0.25, 0.3) is 10.0 Å². The predicted octanol–water partition coefficient (Wildman–Crippen LogP) is 3.02. The molecule has 1 N–H and O–H groups in total. The summed E-state index contributed by atoms with van der Waals surface area (Å²) < 4.78 is 27.9. The molecule has 0 spiro atoms. The van der Waals surface area contributed by atoms with Crippen molar-refractivity contribution in [2.24, 2.45) is 5.92 Å². The highest BCUT2D eigenvalue weighted by molar-refractivity contribution is 7.91. The van der Waals surface area contributed by atoms with Crippen molar-refractivity contribution in [3.8, 4) is 0 Å². The van der Waals surface area contributed by atoms with Crippen molar-refractivity contribution in [2.45, 2.75) is 50.0 Å². The Hall–Kier alpha value is -1.70. The van der Waals surface area contributed by atoms with Crippen LogP contribution in [0.1, 0.15) is 31.9 Å². The number of thiophene rings is 1. The summed E-state index contributed by atoms with van der Waals surface area (Å²) in [4.78, 5) is 12.9. The van der Waals surface area contributed by atoms with Gasteiger partial charge in [-0.1, -0.05) is 44.2 Å². The van der Waals surface area contributed by atoms with Crippen LogP contribution in [0.3, 0.4) is 0 Å². The number of rotatable bonds is 5. The number of amides is 1. The minimum atomic E-state index is -3.72. The maximum atomic E-state index is 13.1. The second-order valence-electron chi connectivity index (χ2n) is 7.01. The average molecular weight is 393 g/mol. The summed E-state index contributed by atoms with van der Waals surface area (Å²) in [6.45, 7) is 6.21. The summed E-state index contributed by atoms with van der Waals surface area (Å²) in [7, 11) is -3.72. The monoisotopic (exact) mass is 392 g/mol. The second-order valence-corrected chi connectivity index (χ2v) is 10.1. The SMILES string of the molecule is CC(C)[C@H](C)NC(=O)[C@H]1Cc2ccccc2CN1S(=O)(=O)c1cccs1. The topological polar surface area (TPSA) is 66.5 Å². The Labute approximate surface area is 159 Å². The van der Waals surface area contributed by atoms with Gasteiger partial charge in [0.2, 0.25) is 5.91 Å². The van der Waals surface area contributed by atoms with Crippen molar-refractivity contribution < 1.29 is 13.2 Å². The minimum absolute atomic E-state index is 0.0223. The summed E-state index contributed by atoms with van der Waals surface area (Å²) in [5.41, 5.74) is 1.98. The number of nitrogens with zero attached hydrogens (tertiary/aromatic N) is 1. The Morgan fingerprint density at radius 2 is 1.85 bits per heavy atom. The molecule has 0 saturated heterocycles. The third-order valence-electron chi connectivity index (χ3n) is 4.94. The van der Waals surface area contributed by atoms with Gasteiger partial charge in [-0.15, -0.1) is 11.3 Å². The maximum absolute atomic E-state index is 13.1. The first-order chi connectivity index (χ1) is 12.3. The predicted molar refractivity (Wildman–Crippen MR) is 103 cm³/mol. The molecule has 2 aromatic rings. The molecule has 0 fully saturated rings. The number of benzene rings is 1. The molecule has 5 nitrogen and oxygen atoms in total. The number of sulfonamides is 1. The normalized spacial score (nSPS) is 19.2. The molecule has 0 radical (unpaired) electrons. The molecule has 2 heterocycles. The summed E-state index contributed by atoms with van der Waals surface area (Å²) in [5.74, 6) is 0.0398. The summed E-state index contributed by atoms with van der Waals surface area (Å²) in [6.07, 6.45) is 0.386. The summed E-state index contributed by atoms with van der Waals surface area (Å²) >= 11 is 1.18. The molecule has 26 heavy (non-hydrogen) atoms. The lowest BCUT2D eigenvalue weighted by atomic mass is 9.95. The molecule has 3 rings (SSSR count). The molecule has 1 aromatic heterocycles. The van der Waals surface area contributed by atoms with E-state index in [4.69, 9.17) is 0 Å². The third-order valence-corrected chi connectivity index (χ3v) is 8.16. The van der Waals surface area contributed by atoms with Gasteiger partial charge >= 0.3 is 0 Å². The van der Waals surface area contributed by atoms with Crippen molar-refractivity contribution in [3.05, 3.63) is 52.9 Å². The molecule has 0 aliphatic carbocycles. The zero-order valence-corrected chi connectivity index (χ0v) is 16.8. The van der Waals surface area contributed by atoms with E-state index in [-0.39, 0.29) is 28.6 Å². The van der Waals surface area contributed by atoms with Crippen LogP contribution in [-0.4, -0.2) is 30.7 Å². The smallest absolute Gasteiger partial charge is 0.253 e. The van der Waals surface area contributed by atoms with Crippen LogP contribution < -0.4 is 5.32 Å². The van der Waals surface area contributed by atoms with E-state index >= 15 is 0 Å². The molecule has 1 aliphatic heterocycles. The molecule has 0 unspecified atom stereocenters. The van der Waals surface area contributed by atoms with Crippen LogP contribution in [0.25, 0.3) is 0 Å².